The fourth-order valence-electron chi connectivity index (χ4n) is 0.954. The average Bonchev–Trinajstić information content (AvgIpc) is 2.45. The Morgan fingerprint density at radius 2 is 2.36 bits per heavy atom. The van der Waals surface area contributed by atoms with Gasteiger partial charge in [-0.05, 0) is 0 Å². The van der Waals surface area contributed by atoms with Crippen molar-refractivity contribution in [3.05, 3.63) is 24.0 Å². The van der Waals surface area contributed by atoms with Crippen LogP contribution in [0.15, 0.2) is 17.9 Å². The Morgan fingerprint density at radius 1 is 1.55 bits per heavy atom. The molecule has 0 saturated heterocycles. The van der Waals surface area contributed by atoms with Crippen molar-refractivity contribution in [3.8, 4) is 0 Å². The van der Waals surface area contributed by atoms with Gasteiger partial charge >= 0.3 is 0 Å². The Kier molecular flexibility index (Phi) is 1.00. The van der Waals surface area contributed by atoms with E-state index in [0.29, 0.717) is 11.5 Å². The Balaban J connectivity index is 2.63. The van der Waals surface area contributed by atoms with Gasteiger partial charge in [-0.2, -0.15) is 10.2 Å². The third-order valence-corrected chi connectivity index (χ3v) is 1.53. The van der Waals surface area contributed by atoms with E-state index in [1.165, 1.54) is 0 Å². The average molecular weight is 149 g/mol. The van der Waals surface area contributed by atoms with Crippen molar-refractivity contribution in [2.75, 3.05) is 0 Å². The first-order valence-corrected chi connectivity index (χ1v) is 3.11. The van der Waals surface area contributed by atoms with E-state index < -0.39 is 0 Å². The van der Waals surface area contributed by atoms with Gasteiger partial charge in [-0.3, -0.25) is 10.5 Å². The van der Waals surface area contributed by atoms with E-state index in [4.69, 9.17) is 5.73 Å². The van der Waals surface area contributed by atoms with Gasteiger partial charge in [0, 0.05) is 5.56 Å². The topological polar surface area (TPSA) is 79.1 Å². The Morgan fingerprint density at radius 3 is 3.09 bits per heavy atom. The molecule has 1 aromatic heterocycles. The van der Waals surface area contributed by atoms with Gasteiger partial charge in [0.25, 0.3) is 0 Å². The van der Waals surface area contributed by atoms with Gasteiger partial charge in [0.1, 0.15) is 5.69 Å². The molecule has 11 heavy (non-hydrogen) atoms. The molecular weight excluding hydrogens is 142 g/mol. The van der Waals surface area contributed by atoms with Crippen LogP contribution < -0.4 is 11.2 Å². The molecule has 1 aromatic rings. The maximum absolute atomic E-state index is 5.53. The second-order valence-electron chi connectivity index (χ2n) is 2.25. The molecule has 4 N–H and O–H groups in total. The first kappa shape index (κ1) is 5.96. The minimum atomic E-state index is 0.407. The fraction of sp³-hybridized carbons (Fsp3) is 0. The lowest BCUT2D eigenvalue weighted by molar-refractivity contribution is 0.964. The maximum Gasteiger partial charge on any atom is 0.169 e. The lowest BCUT2D eigenvalue weighted by Crippen LogP contribution is -2.24. The van der Waals surface area contributed by atoms with Crippen LogP contribution in [0.4, 0.5) is 0 Å². The summed E-state index contributed by atoms with van der Waals surface area (Å²) in [4.78, 5) is 0. The van der Waals surface area contributed by atoms with Crippen LogP contribution in [0, 0.1) is 0 Å². The molecule has 0 bridgehead atoms. The van der Waals surface area contributed by atoms with Crippen molar-refractivity contribution >= 4 is 11.5 Å². The molecule has 0 fully saturated rings. The van der Waals surface area contributed by atoms with Crippen LogP contribution in [-0.2, 0) is 0 Å². The monoisotopic (exact) mass is 149 g/mol. The SMILES string of the molecule is C=C1NN=C(N)c2[nH]ncc21. The molecule has 2 heterocycles. The molecular formula is C6H7N5. The summed E-state index contributed by atoms with van der Waals surface area (Å²) in [7, 11) is 0. The number of hydrogen-bond acceptors (Lipinski definition) is 4. The number of hydrogen-bond donors (Lipinski definition) is 3. The molecule has 1 aliphatic rings. The van der Waals surface area contributed by atoms with Crippen LogP contribution in [0.3, 0.4) is 0 Å². The molecule has 0 atom stereocenters. The molecule has 0 unspecified atom stereocenters. The number of aromatic amines is 1. The third-order valence-electron chi connectivity index (χ3n) is 1.53. The van der Waals surface area contributed by atoms with Crippen molar-refractivity contribution in [1.82, 2.24) is 15.6 Å². The molecule has 0 saturated carbocycles. The third kappa shape index (κ3) is 0.706. The number of nitrogens with two attached hydrogens (primary N) is 1. The number of H-pyrrole nitrogens is 1. The minimum absolute atomic E-state index is 0.407. The molecule has 0 amide bonds. The van der Waals surface area contributed by atoms with E-state index in [1.54, 1.807) is 6.20 Å². The summed E-state index contributed by atoms with van der Waals surface area (Å²) >= 11 is 0. The summed E-state index contributed by atoms with van der Waals surface area (Å²) in [5, 5.41) is 10.3. The molecule has 56 valence electrons. The zero-order valence-electron chi connectivity index (χ0n) is 5.76. The minimum Gasteiger partial charge on any atom is -0.380 e. The number of nitrogens with zero attached hydrogens (tertiary/aromatic N) is 2. The predicted octanol–water partition coefficient (Wildman–Crippen LogP) is -0.396. The summed E-state index contributed by atoms with van der Waals surface area (Å²) in [6, 6.07) is 0. The van der Waals surface area contributed by atoms with Crippen molar-refractivity contribution < 1.29 is 0 Å². The highest BCUT2D eigenvalue weighted by Gasteiger charge is 2.15. The Labute approximate surface area is 63.0 Å². The second kappa shape index (κ2) is 1.85. The highest BCUT2D eigenvalue weighted by molar-refractivity contribution is 6.01. The zero-order valence-corrected chi connectivity index (χ0v) is 5.76. The highest BCUT2D eigenvalue weighted by Crippen LogP contribution is 2.15. The van der Waals surface area contributed by atoms with E-state index in [1.807, 2.05) is 0 Å². The van der Waals surface area contributed by atoms with Crippen LogP contribution in [0.2, 0.25) is 0 Å². The van der Waals surface area contributed by atoms with E-state index in [9.17, 15) is 0 Å². The molecule has 0 spiro atoms. The van der Waals surface area contributed by atoms with E-state index in [-0.39, 0.29) is 0 Å². The van der Waals surface area contributed by atoms with Gasteiger partial charge in [-0.15, -0.1) is 0 Å². The first-order valence-electron chi connectivity index (χ1n) is 3.11. The molecule has 0 aromatic carbocycles. The van der Waals surface area contributed by atoms with E-state index in [0.717, 1.165) is 11.3 Å². The summed E-state index contributed by atoms with van der Waals surface area (Å²) < 4.78 is 0. The number of fused-ring (bicyclic) bond motifs is 1. The van der Waals surface area contributed by atoms with Gasteiger partial charge in [0.15, 0.2) is 5.84 Å². The number of aromatic nitrogens is 2. The van der Waals surface area contributed by atoms with Crippen LogP contribution in [0.1, 0.15) is 11.3 Å². The standard InChI is InChI=1S/C6H7N5/c1-3-4-2-8-10-5(4)6(7)11-9-3/h2,9H,1H2,(H2,7,11)(H,8,10). The zero-order chi connectivity index (χ0) is 7.84. The lowest BCUT2D eigenvalue weighted by Gasteiger charge is -2.10. The number of hydrazone groups is 1. The molecule has 0 radical (unpaired) electrons. The van der Waals surface area contributed by atoms with Gasteiger partial charge < -0.3 is 5.73 Å². The molecule has 1 aliphatic heterocycles. The fourth-order valence-corrected chi connectivity index (χ4v) is 0.954. The Bertz CT molecular complexity index is 334. The molecule has 2 rings (SSSR count). The van der Waals surface area contributed by atoms with E-state index in [2.05, 4.69) is 27.3 Å². The summed E-state index contributed by atoms with van der Waals surface area (Å²) in [5.74, 6) is 0.407. The largest absolute Gasteiger partial charge is 0.380 e. The van der Waals surface area contributed by atoms with Crippen LogP contribution in [0.5, 0.6) is 0 Å². The van der Waals surface area contributed by atoms with Gasteiger partial charge in [0.2, 0.25) is 0 Å². The van der Waals surface area contributed by atoms with Gasteiger partial charge in [-0.1, -0.05) is 6.58 Å². The maximum atomic E-state index is 5.53. The van der Waals surface area contributed by atoms with Crippen molar-refractivity contribution in [2.24, 2.45) is 10.8 Å². The van der Waals surface area contributed by atoms with Gasteiger partial charge in [-0.25, -0.2) is 0 Å². The number of amidine groups is 1. The summed E-state index contributed by atoms with van der Waals surface area (Å²) in [6.45, 7) is 3.73. The smallest absolute Gasteiger partial charge is 0.169 e. The van der Waals surface area contributed by atoms with Crippen LogP contribution >= 0.6 is 0 Å². The molecule has 0 aliphatic carbocycles. The number of nitrogens with one attached hydrogen (secondary N) is 2. The second-order valence-corrected chi connectivity index (χ2v) is 2.25. The predicted molar refractivity (Wildman–Crippen MR) is 41.5 cm³/mol. The number of rotatable bonds is 0. The van der Waals surface area contributed by atoms with Crippen LogP contribution in [-0.4, -0.2) is 16.0 Å². The molecule has 5 nitrogen and oxygen atoms in total. The van der Waals surface area contributed by atoms with Crippen molar-refractivity contribution in [2.45, 2.75) is 0 Å². The van der Waals surface area contributed by atoms with Gasteiger partial charge in [0.05, 0.1) is 11.9 Å². The first-order chi connectivity index (χ1) is 5.29. The Hall–Kier alpha value is -1.78. The van der Waals surface area contributed by atoms with Crippen molar-refractivity contribution in [1.29, 1.82) is 0 Å². The normalized spacial score (nSPS) is 15.3. The lowest BCUT2D eigenvalue weighted by atomic mass is 10.2. The summed E-state index contributed by atoms with van der Waals surface area (Å²) in [6.07, 6.45) is 1.66. The quantitative estimate of drug-likeness (QED) is 0.469. The van der Waals surface area contributed by atoms with E-state index >= 15 is 0 Å². The summed E-state index contributed by atoms with van der Waals surface area (Å²) in [5.41, 5.74) is 10.5. The van der Waals surface area contributed by atoms with Crippen LogP contribution in [0.25, 0.3) is 5.70 Å². The van der Waals surface area contributed by atoms with Crippen molar-refractivity contribution in [3.63, 3.8) is 0 Å². The highest BCUT2D eigenvalue weighted by atomic mass is 15.3. The molecule has 5 heteroatoms.